The molecular weight excluding hydrogens is 242 g/mol. The van der Waals surface area contributed by atoms with E-state index in [9.17, 15) is 13.2 Å². The molecule has 0 bridgehead atoms. The molecule has 0 fully saturated rings. The first kappa shape index (κ1) is 13.2. The quantitative estimate of drug-likeness (QED) is 0.597. The molecule has 6 heteroatoms. The molecule has 1 rings (SSSR count). The highest BCUT2D eigenvalue weighted by molar-refractivity contribution is 7.89. The van der Waals surface area contributed by atoms with Gasteiger partial charge in [-0.15, -0.1) is 12.3 Å². The number of benzene rings is 1. The van der Waals surface area contributed by atoms with Gasteiger partial charge >= 0.3 is 5.97 Å². The van der Waals surface area contributed by atoms with E-state index >= 15 is 0 Å². The second-order valence-electron chi connectivity index (χ2n) is 3.18. The normalized spacial score (nSPS) is 10.8. The third-order valence-corrected chi connectivity index (χ3v) is 3.45. The highest BCUT2D eigenvalue weighted by Crippen LogP contribution is 2.10. The van der Waals surface area contributed by atoms with E-state index in [1.165, 1.54) is 24.3 Å². The van der Waals surface area contributed by atoms with E-state index in [2.05, 4.69) is 10.6 Å². The van der Waals surface area contributed by atoms with E-state index < -0.39 is 16.0 Å². The van der Waals surface area contributed by atoms with Crippen LogP contribution in [0.1, 0.15) is 16.8 Å². The van der Waals surface area contributed by atoms with Gasteiger partial charge in [-0.1, -0.05) is 0 Å². The summed E-state index contributed by atoms with van der Waals surface area (Å²) in [5, 5.41) is 8.66. The number of aromatic carboxylic acids is 1. The minimum absolute atomic E-state index is 0.0134. The molecule has 0 heterocycles. The van der Waals surface area contributed by atoms with Crippen molar-refractivity contribution in [2.75, 3.05) is 6.54 Å². The molecule has 0 aliphatic heterocycles. The molecule has 0 aliphatic rings. The molecule has 1 aromatic carbocycles. The van der Waals surface area contributed by atoms with Gasteiger partial charge in [0.2, 0.25) is 10.0 Å². The molecule has 0 unspecified atom stereocenters. The molecule has 0 saturated carbocycles. The van der Waals surface area contributed by atoms with Crippen LogP contribution < -0.4 is 4.72 Å². The smallest absolute Gasteiger partial charge is 0.335 e. The molecule has 2 N–H and O–H groups in total. The van der Waals surface area contributed by atoms with Crippen LogP contribution in [0.3, 0.4) is 0 Å². The minimum atomic E-state index is -3.61. The van der Waals surface area contributed by atoms with Crippen LogP contribution in [0.15, 0.2) is 29.2 Å². The number of nitrogens with one attached hydrogen (secondary N) is 1. The molecular formula is C11H11NO4S. The van der Waals surface area contributed by atoms with Crippen molar-refractivity contribution in [3.8, 4) is 12.3 Å². The number of carboxylic acid groups (broad SMARTS) is 1. The molecule has 1 aromatic rings. The summed E-state index contributed by atoms with van der Waals surface area (Å²) in [7, 11) is -3.61. The lowest BCUT2D eigenvalue weighted by molar-refractivity contribution is 0.0697. The summed E-state index contributed by atoms with van der Waals surface area (Å²) in [6.45, 7) is 0.152. The van der Waals surface area contributed by atoms with Crippen molar-refractivity contribution < 1.29 is 18.3 Å². The topological polar surface area (TPSA) is 83.5 Å². The second kappa shape index (κ2) is 5.48. The first-order valence-corrected chi connectivity index (χ1v) is 6.22. The average molecular weight is 253 g/mol. The number of sulfonamides is 1. The number of hydrogen-bond acceptors (Lipinski definition) is 3. The maximum absolute atomic E-state index is 11.7. The third-order valence-electron chi connectivity index (χ3n) is 1.97. The molecule has 17 heavy (non-hydrogen) atoms. The number of carboxylic acids is 1. The molecule has 0 radical (unpaired) electrons. The van der Waals surface area contributed by atoms with E-state index in [-0.39, 0.29) is 17.0 Å². The third kappa shape index (κ3) is 3.59. The Hall–Kier alpha value is -1.84. The lowest BCUT2D eigenvalue weighted by atomic mass is 10.2. The van der Waals surface area contributed by atoms with Gasteiger partial charge < -0.3 is 5.11 Å². The van der Waals surface area contributed by atoms with Crippen LogP contribution in [0.4, 0.5) is 0 Å². The van der Waals surface area contributed by atoms with Gasteiger partial charge in [-0.25, -0.2) is 17.9 Å². The monoisotopic (exact) mass is 253 g/mol. The number of hydrogen-bond donors (Lipinski definition) is 2. The van der Waals surface area contributed by atoms with E-state index in [0.29, 0.717) is 6.42 Å². The van der Waals surface area contributed by atoms with Crippen molar-refractivity contribution in [2.24, 2.45) is 0 Å². The molecule has 0 atom stereocenters. The summed E-state index contributed by atoms with van der Waals surface area (Å²) in [6.07, 6.45) is 5.30. The van der Waals surface area contributed by atoms with Gasteiger partial charge in [0.05, 0.1) is 10.5 Å². The zero-order valence-electron chi connectivity index (χ0n) is 8.88. The molecule has 0 aliphatic carbocycles. The van der Waals surface area contributed by atoms with E-state index in [4.69, 9.17) is 11.5 Å². The van der Waals surface area contributed by atoms with Crippen molar-refractivity contribution in [2.45, 2.75) is 11.3 Å². The predicted octanol–water partition coefficient (Wildman–Crippen LogP) is 0.686. The summed E-state index contributed by atoms with van der Waals surface area (Å²) < 4.78 is 25.6. The Morgan fingerprint density at radius 3 is 2.41 bits per heavy atom. The van der Waals surface area contributed by atoms with Crippen molar-refractivity contribution in [1.82, 2.24) is 4.72 Å². The second-order valence-corrected chi connectivity index (χ2v) is 4.95. The lowest BCUT2D eigenvalue weighted by Gasteiger charge is -2.05. The van der Waals surface area contributed by atoms with Gasteiger partial charge in [-0.3, -0.25) is 0 Å². The molecule has 5 nitrogen and oxygen atoms in total. The summed E-state index contributed by atoms with van der Waals surface area (Å²) in [6, 6.07) is 4.94. The van der Waals surface area contributed by atoms with E-state index in [0.717, 1.165) is 0 Å². The van der Waals surface area contributed by atoms with E-state index in [1.807, 2.05) is 0 Å². The maximum Gasteiger partial charge on any atom is 0.335 e. The van der Waals surface area contributed by atoms with Crippen LogP contribution in [-0.2, 0) is 10.0 Å². The van der Waals surface area contributed by atoms with Crippen LogP contribution in [0.5, 0.6) is 0 Å². The standard InChI is InChI=1S/C11H11NO4S/c1-2-3-8-12-17(15,16)10-6-4-9(5-7-10)11(13)14/h1,4-7,12H,3,8H2,(H,13,14). The molecule has 0 aromatic heterocycles. The van der Waals surface area contributed by atoms with Crippen molar-refractivity contribution in [1.29, 1.82) is 0 Å². The first-order valence-electron chi connectivity index (χ1n) is 4.74. The van der Waals surface area contributed by atoms with Crippen LogP contribution in [0, 0.1) is 12.3 Å². The molecule has 0 amide bonds. The van der Waals surface area contributed by atoms with Gasteiger partial charge in [0.15, 0.2) is 0 Å². The summed E-state index contributed by atoms with van der Waals surface area (Å²) in [4.78, 5) is 10.6. The van der Waals surface area contributed by atoms with Crippen LogP contribution in [0.25, 0.3) is 0 Å². The van der Waals surface area contributed by atoms with Crippen molar-refractivity contribution in [3.63, 3.8) is 0 Å². The summed E-state index contributed by atoms with van der Waals surface area (Å²) in [5.41, 5.74) is 0.0348. The Balaban J connectivity index is 2.86. The summed E-state index contributed by atoms with van der Waals surface area (Å²) in [5.74, 6) is 1.21. The average Bonchev–Trinajstić information content (AvgIpc) is 2.29. The van der Waals surface area contributed by atoms with Crippen molar-refractivity contribution >= 4 is 16.0 Å². The van der Waals surface area contributed by atoms with Crippen molar-refractivity contribution in [3.05, 3.63) is 29.8 Å². The predicted molar refractivity (Wildman–Crippen MR) is 62.0 cm³/mol. The van der Waals surface area contributed by atoms with Gasteiger partial charge in [-0.05, 0) is 24.3 Å². The number of carbonyl (C=O) groups is 1. The van der Waals surface area contributed by atoms with Crippen LogP contribution >= 0.6 is 0 Å². The Morgan fingerprint density at radius 2 is 1.94 bits per heavy atom. The fourth-order valence-corrected chi connectivity index (χ4v) is 2.15. The van der Waals surface area contributed by atoms with Gasteiger partial charge in [0, 0.05) is 13.0 Å². The first-order chi connectivity index (χ1) is 7.97. The molecule has 90 valence electrons. The van der Waals surface area contributed by atoms with Crippen LogP contribution in [0.2, 0.25) is 0 Å². The zero-order valence-corrected chi connectivity index (χ0v) is 9.70. The Morgan fingerprint density at radius 1 is 1.35 bits per heavy atom. The van der Waals surface area contributed by atoms with E-state index in [1.54, 1.807) is 0 Å². The maximum atomic E-state index is 11.7. The lowest BCUT2D eigenvalue weighted by Crippen LogP contribution is -2.24. The number of terminal acetylenes is 1. The molecule has 0 saturated heterocycles. The zero-order chi connectivity index (χ0) is 12.9. The highest BCUT2D eigenvalue weighted by Gasteiger charge is 2.13. The van der Waals surface area contributed by atoms with Gasteiger partial charge in [-0.2, -0.15) is 0 Å². The van der Waals surface area contributed by atoms with Gasteiger partial charge in [0.25, 0.3) is 0 Å². The SMILES string of the molecule is C#CCCNS(=O)(=O)c1ccc(C(=O)O)cc1. The fourth-order valence-electron chi connectivity index (χ4n) is 1.12. The Bertz CT molecular complexity index is 540. The number of rotatable bonds is 5. The minimum Gasteiger partial charge on any atom is -0.478 e. The van der Waals surface area contributed by atoms with Crippen LogP contribution in [-0.4, -0.2) is 26.0 Å². The largest absolute Gasteiger partial charge is 0.478 e. The highest BCUT2D eigenvalue weighted by atomic mass is 32.2. The summed E-state index contributed by atoms with van der Waals surface area (Å²) >= 11 is 0. The molecule has 0 spiro atoms. The van der Waals surface area contributed by atoms with Gasteiger partial charge in [0.1, 0.15) is 0 Å². The fraction of sp³-hybridized carbons (Fsp3) is 0.182. The Labute approximate surface area is 99.5 Å². The Kier molecular flexibility index (Phi) is 4.26.